The Morgan fingerprint density at radius 2 is 1.81 bits per heavy atom. The number of sulfonamides is 1. The molecule has 1 fully saturated rings. The van der Waals surface area contributed by atoms with E-state index in [0.717, 1.165) is 0 Å². The second-order valence-electron chi connectivity index (χ2n) is 5.52. The van der Waals surface area contributed by atoms with Crippen molar-refractivity contribution >= 4 is 21.9 Å². The number of aliphatic carboxylic acids is 1. The fraction of sp³-hybridized carbons (Fsp3) is 0.846. The van der Waals surface area contributed by atoms with Crippen molar-refractivity contribution in [3.8, 4) is 0 Å². The van der Waals surface area contributed by atoms with Crippen LogP contribution in [0.2, 0.25) is 0 Å². The van der Waals surface area contributed by atoms with Crippen molar-refractivity contribution in [3.63, 3.8) is 0 Å². The van der Waals surface area contributed by atoms with E-state index in [1.54, 1.807) is 13.8 Å². The molecule has 1 amide bonds. The van der Waals surface area contributed by atoms with Gasteiger partial charge in [-0.05, 0) is 12.3 Å². The van der Waals surface area contributed by atoms with E-state index in [-0.39, 0.29) is 12.5 Å². The standard InChI is InChI=1S/C13H24N2O5S/c1-4-15(5-2)21(19,20)9-12(16)14-7-10(3)6-11(8-14)13(17)18/h10-11H,4-9H2,1-3H3,(H,17,18). The van der Waals surface area contributed by atoms with Crippen molar-refractivity contribution in [2.75, 3.05) is 31.9 Å². The number of carboxylic acid groups (broad SMARTS) is 1. The van der Waals surface area contributed by atoms with Crippen molar-refractivity contribution in [2.24, 2.45) is 11.8 Å². The summed E-state index contributed by atoms with van der Waals surface area (Å²) in [7, 11) is -3.63. The highest BCUT2D eigenvalue weighted by atomic mass is 32.2. The van der Waals surface area contributed by atoms with E-state index in [1.807, 2.05) is 6.92 Å². The van der Waals surface area contributed by atoms with Crippen LogP contribution in [0.4, 0.5) is 0 Å². The molecule has 0 bridgehead atoms. The topological polar surface area (TPSA) is 95.0 Å². The predicted molar refractivity (Wildman–Crippen MR) is 78.2 cm³/mol. The number of likely N-dealkylation sites (tertiary alicyclic amines) is 1. The SMILES string of the molecule is CCN(CC)S(=O)(=O)CC(=O)N1CC(C)CC(C(=O)O)C1. The van der Waals surface area contributed by atoms with Gasteiger partial charge in [0, 0.05) is 26.2 Å². The molecule has 1 heterocycles. The Kier molecular flexibility index (Phi) is 6.15. The predicted octanol–water partition coefficient (Wildman–Crippen LogP) is 0.227. The molecule has 1 aliphatic heterocycles. The van der Waals surface area contributed by atoms with Gasteiger partial charge in [0.15, 0.2) is 0 Å². The molecule has 0 saturated carbocycles. The number of rotatable bonds is 6. The van der Waals surface area contributed by atoms with Crippen molar-refractivity contribution < 1.29 is 23.1 Å². The number of carbonyl (C=O) groups excluding carboxylic acids is 1. The smallest absolute Gasteiger partial charge is 0.308 e. The third kappa shape index (κ3) is 4.67. The summed E-state index contributed by atoms with van der Waals surface area (Å²) in [4.78, 5) is 24.6. The van der Waals surface area contributed by atoms with Gasteiger partial charge in [0.05, 0.1) is 5.92 Å². The van der Waals surface area contributed by atoms with Crippen LogP contribution in [0.15, 0.2) is 0 Å². The molecule has 1 saturated heterocycles. The Morgan fingerprint density at radius 1 is 1.24 bits per heavy atom. The first-order chi connectivity index (χ1) is 9.71. The first-order valence-corrected chi connectivity index (χ1v) is 8.80. The lowest BCUT2D eigenvalue weighted by atomic mass is 9.90. The highest BCUT2D eigenvalue weighted by Crippen LogP contribution is 2.22. The monoisotopic (exact) mass is 320 g/mol. The molecular weight excluding hydrogens is 296 g/mol. The van der Waals surface area contributed by atoms with Crippen molar-refractivity contribution in [1.29, 1.82) is 0 Å². The first-order valence-electron chi connectivity index (χ1n) is 7.19. The van der Waals surface area contributed by atoms with E-state index in [4.69, 9.17) is 5.11 Å². The van der Waals surface area contributed by atoms with Gasteiger partial charge in [-0.3, -0.25) is 9.59 Å². The highest BCUT2D eigenvalue weighted by molar-refractivity contribution is 7.89. The maximum atomic E-state index is 12.2. The third-order valence-electron chi connectivity index (χ3n) is 3.77. The van der Waals surface area contributed by atoms with Crippen LogP contribution >= 0.6 is 0 Å². The molecule has 2 unspecified atom stereocenters. The van der Waals surface area contributed by atoms with Crippen LogP contribution < -0.4 is 0 Å². The summed E-state index contributed by atoms with van der Waals surface area (Å²) in [6, 6.07) is 0. The largest absolute Gasteiger partial charge is 0.481 e. The van der Waals surface area contributed by atoms with Crippen molar-refractivity contribution in [3.05, 3.63) is 0 Å². The lowest BCUT2D eigenvalue weighted by Gasteiger charge is -2.35. The van der Waals surface area contributed by atoms with Gasteiger partial charge in [-0.1, -0.05) is 20.8 Å². The molecule has 0 spiro atoms. The summed E-state index contributed by atoms with van der Waals surface area (Å²) < 4.78 is 25.5. The fourth-order valence-corrected chi connectivity index (χ4v) is 4.15. The van der Waals surface area contributed by atoms with Crippen molar-refractivity contribution in [1.82, 2.24) is 9.21 Å². The number of carbonyl (C=O) groups is 2. The van der Waals surface area contributed by atoms with Gasteiger partial charge >= 0.3 is 5.97 Å². The number of amides is 1. The zero-order valence-electron chi connectivity index (χ0n) is 12.8. The van der Waals surface area contributed by atoms with Gasteiger partial charge in [-0.15, -0.1) is 0 Å². The highest BCUT2D eigenvalue weighted by Gasteiger charge is 2.34. The van der Waals surface area contributed by atoms with Gasteiger partial charge in [0.1, 0.15) is 5.75 Å². The van der Waals surface area contributed by atoms with E-state index in [1.165, 1.54) is 9.21 Å². The van der Waals surface area contributed by atoms with Crippen LogP contribution in [0.3, 0.4) is 0 Å². The molecule has 0 aromatic heterocycles. The van der Waals surface area contributed by atoms with E-state index in [0.29, 0.717) is 26.1 Å². The molecule has 0 aliphatic carbocycles. The molecule has 0 aromatic carbocycles. The van der Waals surface area contributed by atoms with Gasteiger partial charge in [-0.2, -0.15) is 0 Å². The lowest BCUT2D eigenvalue weighted by molar-refractivity contribution is -0.146. The number of nitrogens with zero attached hydrogens (tertiary/aromatic N) is 2. The third-order valence-corrected chi connectivity index (χ3v) is 5.68. The Bertz CT molecular complexity index is 487. The van der Waals surface area contributed by atoms with Crippen LogP contribution in [0, 0.1) is 11.8 Å². The summed E-state index contributed by atoms with van der Waals surface area (Å²) in [5, 5.41) is 9.09. The molecule has 0 aromatic rings. The molecule has 122 valence electrons. The van der Waals surface area contributed by atoms with E-state index >= 15 is 0 Å². The summed E-state index contributed by atoms with van der Waals surface area (Å²) >= 11 is 0. The minimum Gasteiger partial charge on any atom is -0.481 e. The molecule has 21 heavy (non-hydrogen) atoms. The summed E-state index contributed by atoms with van der Waals surface area (Å²) in [6.45, 7) is 6.45. The molecule has 7 nitrogen and oxygen atoms in total. The Balaban J connectivity index is 2.77. The Labute approximate surface area is 126 Å². The number of carboxylic acids is 1. The average molecular weight is 320 g/mol. The molecule has 1 N–H and O–H groups in total. The molecule has 0 radical (unpaired) electrons. The summed E-state index contributed by atoms with van der Waals surface area (Å²) in [5.41, 5.74) is 0. The molecule has 8 heteroatoms. The van der Waals surface area contributed by atoms with Gasteiger partial charge in [-0.25, -0.2) is 12.7 Å². The molecular formula is C13H24N2O5S. The molecule has 1 rings (SSSR count). The zero-order valence-corrected chi connectivity index (χ0v) is 13.6. The first kappa shape index (κ1) is 17.9. The maximum Gasteiger partial charge on any atom is 0.308 e. The average Bonchev–Trinajstić information content (AvgIpc) is 2.38. The van der Waals surface area contributed by atoms with E-state index in [9.17, 15) is 18.0 Å². The van der Waals surface area contributed by atoms with Crippen LogP contribution in [0.1, 0.15) is 27.2 Å². The van der Waals surface area contributed by atoms with Gasteiger partial charge < -0.3 is 10.0 Å². The van der Waals surface area contributed by atoms with Crippen LogP contribution in [0.5, 0.6) is 0 Å². The molecule has 1 aliphatic rings. The number of piperidine rings is 1. The van der Waals surface area contributed by atoms with E-state index in [2.05, 4.69) is 0 Å². The number of hydrogen-bond acceptors (Lipinski definition) is 4. The van der Waals surface area contributed by atoms with Crippen LogP contribution in [0.25, 0.3) is 0 Å². The minimum atomic E-state index is -3.63. The zero-order chi connectivity index (χ0) is 16.2. The summed E-state index contributed by atoms with van der Waals surface area (Å²) in [6.07, 6.45) is 0.516. The molecule has 2 atom stereocenters. The Morgan fingerprint density at radius 3 is 2.29 bits per heavy atom. The minimum absolute atomic E-state index is 0.0555. The van der Waals surface area contributed by atoms with E-state index < -0.39 is 33.6 Å². The Hall–Kier alpha value is -1.15. The van der Waals surface area contributed by atoms with Gasteiger partial charge in [0.2, 0.25) is 15.9 Å². The van der Waals surface area contributed by atoms with Gasteiger partial charge in [0.25, 0.3) is 0 Å². The number of hydrogen-bond donors (Lipinski definition) is 1. The quantitative estimate of drug-likeness (QED) is 0.756. The fourth-order valence-electron chi connectivity index (χ4n) is 2.69. The second kappa shape index (κ2) is 7.22. The van der Waals surface area contributed by atoms with Crippen LogP contribution in [-0.4, -0.2) is 66.5 Å². The van der Waals surface area contributed by atoms with Crippen molar-refractivity contribution in [2.45, 2.75) is 27.2 Å². The lowest BCUT2D eigenvalue weighted by Crippen LogP contribution is -2.48. The second-order valence-corrected chi connectivity index (χ2v) is 7.48. The maximum absolute atomic E-state index is 12.2. The normalized spacial score (nSPS) is 23.3. The summed E-state index contributed by atoms with van der Waals surface area (Å²) in [5.74, 6) is -2.60. The van der Waals surface area contributed by atoms with Crippen LogP contribution in [-0.2, 0) is 19.6 Å².